The number of hydrogen-bond acceptors (Lipinski definition) is 3. The summed E-state index contributed by atoms with van der Waals surface area (Å²) in [5, 5.41) is 11.1. The molecule has 0 radical (unpaired) electrons. The van der Waals surface area contributed by atoms with Gasteiger partial charge in [-0.25, -0.2) is 4.68 Å². The van der Waals surface area contributed by atoms with Crippen molar-refractivity contribution in [1.82, 2.24) is 15.1 Å². The van der Waals surface area contributed by atoms with Crippen LogP contribution in [0.15, 0.2) is 30.3 Å². The smallest absolute Gasteiger partial charge is 0.256 e. The number of anilines is 1. The first-order valence-electron chi connectivity index (χ1n) is 8.44. The number of nitrogens with zero attached hydrogens (tertiary/aromatic N) is 2. The second-order valence-corrected chi connectivity index (χ2v) is 5.92. The summed E-state index contributed by atoms with van der Waals surface area (Å²) in [6.07, 6.45) is 2.83. The topological polar surface area (TPSA) is 59.0 Å². The number of nitrogens with one attached hydrogen (secondary N) is 2. The number of unbranched alkanes of at least 4 members (excludes halogenated alkanes) is 1. The van der Waals surface area contributed by atoms with E-state index < -0.39 is 0 Å². The van der Waals surface area contributed by atoms with Crippen LogP contribution in [0.2, 0.25) is 0 Å². The third-order valence-corrected chi connectivity index (χ3v) is 4.27. The van der Waals surface area contributed by atoms with E-state index in [4.69, 9.17) is 0 Å². The zero-order chi connectivity index (χ0) is 16.2. The van der Waals surface area contributed by atoms with Gasteiger partial charge < -0.3 is 10.6 Å². The van der Waals surface area contributed by atoms with Crippen LogP contribution >= 0.6 is 0 Å². The van der Waals surface area contributed by atoms with Crippen LogP contribution in [0.1, 0.15) is 54.3 Å². The van der Waals surface area contributed by atoms with Crippen molar-refractivity contribution in [2.45, 2.75) is 45.7 Å². The lowest BCUT2D eigenvalue weighted by atomic mass is 10.1. The summed E-state index contributed by atoms with van der Waals surface area (Å²) >= 11 is 0. The normalized spacial score (nSPS) is 16.0. The number of hydrogen-bond donors (Lipinski definition) is 2. The fraction of sp³-hybridized carbons (Fsp3) is 0.444. The Balaban J connectivity index is 1.82. The standard InChI is InChI=1S/C18H24N4O/c1-3-5-11-19-18(23)16-14(4-2)21-22-12-15(20-17(16)22)13-9-7-6-8-10-13/h6-10,15,20H,3-5,11-12H2,1-2H3,(H,19,23)/t15-/m1/s1. The zero-order valence-corrected chi connectivity index (χ0v) is 13.8. The van der Waals surface area contributed by atoms with Gasteiger partial charge in [0.25, 0.3) is 5.91 Å². The minimum absolute atomic E-state index is 0.0160. The van der Waals surface area contributed by atoms with Crippen LogP contribution in [0.4, 0.5) is 5.82 Å². The summed E-state index contributed by atoms with van der Waals surface area (Å²) in [6.45, 7) is 5.63. The average molecular weight is 312 g/mol. The molecule has 3 rings (SSSR count). The maximum absolute atomic E-state index is 12.6. The molecule has 0 spiro atoms. The van der Waals surface area contributed by atoms with Crippen molar-refractivity contribution in [2.24, 2.45) is 0 Å². The van der Waals surface area contributed by atoms with Gasteiger partial charge >= 0.3 is 0 Å². The van der Waals surface area contributed by atoms with Gasteiger partial charge in [0.15, 0.2) is 0 Å². The first-order chi connectivity index (χ1) is 11.2. The Hall–Kier alpha value is -2.30. The second-order valence-electron chi connectivity index (χ2n) is 5.92. The molecule has 122 valence electrons. The maximum atomic E-state index is 12.6. The quantitative estimate of drug-likeness (QED) is 0.806. The highest BCUT2D eigenvalue weighted by atomic mass is 16.1. The van der Waals surface area contributed by atoms with Crippen molar-refractivity contribution < 1.29 is 4.79 Å². The van der Waals surface area contributed by atoms with Crippen LogP contribution in [-0.4, -0.2) is 22.2 Å². The predicted octanol–water partition coefficient (Wildman–Crippen LogP) is 3.14. The number of carbonyl (C=O) groups is 1. The lowest BCUT2D eigenvalue weighted by molar-refractivity contribution is 0.0953. The van der Waals surface area contributed by atoms with E-state index in [2.05, 4.69) is 34.8 Å². The van der Waals surface area contributed by atoms with E-state index >= 15 is 0 Å². The molecule has 2 N–H and O–H groups in total. The number of fused-ring (bicyclic) bond motifs is 1. The molecule has 5 nitrogen and oxygen atoms in total. The summed E-state index contributed by atoms with van der Waals surface area (Å²) in [6, 6.07) is 10.5. The van der Waals surface area contributed by atoms with Gasteiger partial charge in [0.05, 0.1) is 18.3 Å². The first-order valence-corrected chi connectivity index (χ1v) is 8.44. The number of aryl methyl sites for hydroxylation is 1. The fourth-order valence-corrected chi connectivity index (χ4v) is 3.00. The molecule has 0 bridgehead atoms. The molecule has 1 aromatic heterocycles. The van der Waals surface area contributed by atoms with Crippen molar-refractivity contribution in [3.05, 3.63) is 47.2 Å². The lowest BCUT2D eigenvalue weighted by Crippen LogP contribution is -2.25. The number of aromatic nitrogens is 2. The molecular weight excluding hydrogens is 288 g/mol. The molecule has 2 aromatic rings. The van der Waals surface area contributed by atoms with Crippen LogP contribution in [0.25, 0.3) is 0 Å². The van der Waals surface area contributed by atoms with Crippen LogP contribution in [0.5, 0.6) is 0 Å². The molecule has 1 aliphatic rings. The minimum atomic E-state index is -0.0160. The van der Waals surface area contributed by atoms with E-state index in [1.54, 1.807) is 0 Å². The summed E-state index contributed by atoms with van der Waals surface area (Å²) in [4.78, 5) is 12.6. The molecule has 1 aliphatic heterocycles. The molecule has 2 heterocycles. The van der Waals surface area contributed by atoms with Gasteiger partial charge in [0, 0.05) is 6.54 Å². The SMILES string of the molecule is CCCCNC(=O)c1c(CC)nn2c1N[C@@H](c1ccccc1)C2. The highest BCUT2D eigenvalue weighted by molar-refractivity contribution is 6.00. The fourth-order valence-electron chi connectivity index (χ4n) is 3.00. The molecule has 0 saturated carbocycles. The Morgan fingerprint density at radius 1 is 1.35 bits per heavy atom. The van der Waals surface area contributed by atoms with E-state index in [1.807, 2.05) is 29.8 Å². The maximum Gasteiger partial charge on any atom is 0.256 e. The van der Waals surface area contributed by atoms with Crippen LogP contribution in [0, 0.1) is 0 Å². The van der Waals surface area contributed by atoms with Gasteiger partial charge in [-0.1, -0.05) is 50.6 Å². The van der Waals surface area contributed by atoms with Crippen LogP contribution in [-0.2, 0) is 13.0 Å². The molecule has 0 saturated heterocycles. The van der Waals surface area contributed by atoms with E-state index in [1.165, 1.54) is 5.56 Å². The van der Waals surface area contributed by atoms with Gasteiger partial charge in [0.2, 0.25) is 0 Å². The van der Waals surface area contributed by atoms with Crippen molar-refractivity contribution in [2.75, 3.05) is 11.9 Å². The van der Waals surface area contributed by atoms with Crippen molar-refractivity contribution in [1.29, 1.82) is 0 Å². The van der Waals surface area contributed by atoms with Gasteiger partial charge in [-0.3, -0.25) is 4.79 Å². The Labute approximate surface area is 137 Å². The third-order valence-electron chi connectivity index (χ3n) is 4.27. The minimum Gasteiger partial charge on any atom is -0.361 e. The van der Waals surface area contributed by atoms with Gasteiger partial charge in [-0.2, -0.15) is 5.10 Å². The van der Waals surface area contributed by atoms with Gasteiger partial charge in [-0.15, -0.1) is 0 Å². The Morgan fingerprint density at radius 2 is 2.13 bits per heavy atom. The molecule has 0 aliphatic carbocycles. The molecule has 1 amide bonds. The van der Waals surface area contributed by atoms with Gasteiger partial charge in [-0.05, 0) is 18.4 Å². The first kappa shape index (κ1) is 15.6. The number of rotatable bonds is 6. The molecule has 23 heavy (non-hydrogen) atoms. The highest BCUT2D eigenvalue weighted by Crippen LogP contribution is 2.33. The summed E-state index contributed by atoms with van der Waals surface area (Å²) < 4.78 is 1.94. The van der Waals surface area contributed by atoms with Crippen molar-refractivity contribution >= 4 is 11.7 Å². The third kappa shape index (κ3) is 3.09. The monoisotopic (exact) mass is 312 g/mol. The summed E-state index contributed by atoms with van der Waals surface area (Å²) in [7, 11) is 0. The Morgan fingerprint density at radius 3 is 2.83 bits per heavy atom. The molecule has 1 atom stereocenters. The molecular formula is C18H24N4O. The van der Waals surface area contributed by atoms with E-state index in [0.717, 1.165) is 37.3 Å². The van der Waals surface area contributed by atoms with E-state index in [-0.39, 0.29) is 11.9 Å². The van der Waals surface area contributed by atoms with E-state index in [9.17, 15) is 4.79 Å². The average Bonchev–Trinajstić information content (AvgIpc) is 3.12. The number of benzene rings is 1. The Kier molecular flexibility index (Phi) is 4.65. The highest BCUT2D eigenvalue weighted by Gasteiger charge is 2.30. The van der Waals surface area contributed by atoms with Crippen molar-refractivity contribution in [3.63, 3.8) is 0 Å². The van der Waals surface area contributed by atoms with Crippen molar-refractivity contribution in [3.8, 4) is 0 Å². The van der Waals surface area contributed by atoms with Crippen LogP contribution < -0.4 is 10.6 Å². The predicted molar refractivity (Wildman–Crippen MR) is 91.7 cm³/mol. The van der Waals surface area contributed by atoms with E-state index in [0.29, 0.717) is 12.1 Å². The number of amides is 1. The molecule has 5 heteroatoms. The molecule has 0 unspecified atom stereocenters. The zero-order valence-electron chi connectivity index (χ0n) is 13.8. The number of carbonyl (C=O) groups excluding carboxylic acids is 1. The molecule has 0 fully saturated rings. The largest absolute Gasteiger partial charge is 0.361 e. The van der Waals surface area contributed by atoms with Crippen LogP contribution in [0.3, 0.4) is 0 Å². The summed E-state index contributed by atoms with van der Waals surface area (Å²) in [5.41, 5.74) is 2.79. The lowest BCUT2D eigenvalue weighted by Gasteiger charge is -2.12. The summed E-state index contributed by atoms with van der Waals surface area (Å²) in [5.74, 6) is 0.836. The Bertz CT molecular complexity index is 678. The second kappa shape index (κ2) is 6.86. The van der Waals surface area contributed by atoms with Gasteiger partial charge in [0.1, 0.15) is 11.4 Å². The molecule has 1 aromatic carbocycles.